The molecule has 1 unspecified atom stereocenters. The fourth-order valence-corrected chi connectivity index (χ4v) is 3.45. The maximum Gasteiger partial charge on any atom is 0.0869 e. The van der Waals surface area contributed by atoms with Gasteiger partial charge in [0.2, 0.25) is 0 Å². The summed E-state index contributed by atoms with van der Waals surface area (Å²) < 4.78 is 0.976. The molecule has 0 amide bonds. The van der Waals surface area contributed by atoms with E-state index >= 15 is 0 Å². The third-order valence-corrected chi connectivity index (χ3v) is 5.18. The summed E-state index contributed by atoms with van der Waals surface area (Å²) in [5, 5.41) is 10.8. The van der Waals surface area contributed by atoms with Gasteiger partial charge in [-0.05, 0) is 30.4 Å². The summed E-state index contributed by atoms with van der Waals surface area (Å²) >= 11 is 3.53. The topological polar surface area (TPSA) is 46.2 Å². The highest BCUT2D eigenvalue weighted by Gasteiger charge is 2.40. The molecule has 0 saturated heterocycles. The largest absolute Gasteiger partial charge is 0.388 e. The van der Waals surface area contributed by atoms with Gasteiger partial charge in [-0.1, -0.05) is 53.9 Å². The van der Waals surface area contributed by atoms with Gasteiger partial charge in [0.15, 0.2) is 0 Å². The molecule has 0 spiro atoms. The van der Waals surface area contributed by atoms with Gasteiger partial charge in [0.1, 0.15) is 0 Å². The summed E-state index contributed by atoms with van der Waals surface area (Å²) in [5.74, 6) is 0.760. The van der Waals surface area contributed by atoms with Gasteiger partial charge < -0.3 is 10.8 Å². The maximum absolute atomic E-state index is 10.8. The smallest absolute Gasteiger partial charge is 0.0869 e. The highest BCUT2D eigenvalue weighted by Crippen LogP contribution is 2.47. The van der Waals surface area contributed by atoms with Crippen LogP contribution in [0.25, 0.3) is 0 Å². The van der Waals surface area contributed by atoms with Crippen LogP contribution in [0.4, 0.5) is 0 Å². The van der Waals surface area contributed by atoms with Crippen molar-refractivity contribution in [2.24, 2.45) is 17.1 Å². The Balaban J connectivity index is 2.25. The Morgan fingerprint density at radius 1 is 1.39 bits per heavy atom. The summed E-state index contributed by atoms with van der Waals surface area (Å²) in [6.45, 7) is 2.84. The average Bonchev–Trinajstić information content (AvgIpc) is 2.40. The molecule has 1 fully saturated rings. The lowest BCUT2D eigenvalue weighted by molar-refractivity contribution is -0.00861. The van der Waals surface area contributed by atoms with Crippen LogP contribution in [0.3, 0.4) is 0 Å². The molecule has 1 aliphatic rings. The Morgan fingerprint density at radius 2 is 2.00 bits per heavy atom. The van der Waals surface area contributed by atoms with E-state index in [1.807, 2.05) is 24.3 Å². The molecule has 0 aromatic heterocycles. The van der Waals surface area contributed by atoms with Crippen LogP contribution in [0, 0.1) is 11.3 Å². The molecule has 3 N–H and O–H groups in total. The summed E-state index contributed by atoms with van der Waals surface area (Å²) in [5.41, 5.74) is 6.82. The Morgan fingerprint density at radius 3 is 2.56 bits per heavy atom. The van der Waals surface area contributed by atoms with Gasteiger partial charge in [0, 0.05) is 16.4 Å². The fourth-order valence-electron chi connectivity index (χ4n) is 2.95. The third kappa shape index (κ3) is 2.63. The lowest BCUT2D eigenvalue weighted by atomic mass is 9.66. The summed E-state index contributed by atoms with van der Waals surface area (Å²) in [4.78, 5) is 0. The molecule has 1 saturated carbocycles. The minimum Gasteiger partial charge on any atom is -0.388 e. The van der Waals surface area contributed by atoms with E-state index < -0.39 is 6.10 Å². The number of rotatable bonds is 3. The van der Waals surface area contributed by atoms with Gasteiger partial charge in [-0.3, -0.25) is 0 Å². The molecule has 1 aromatic rings. The first-order valence-electron chi connectivity index (χ1n) is 6.71. The molecule has 100 valence electrons. The predicted octanol–water partition coefficient (Wildman–Crippen LogP) is 3.64. The number of benzene rings is 1. The molecule has 2 rings (SSSR count). The number of halogens is 1. The molecule has 1 aromatic carbocycles. The van der Waals surface area contributed by atoms with Gasteiger partial charge in [0.25, 0.3) is 0 Å². The molecule has 18 heavy (non-hydrogen) atoms. The first-order valence-corrected chi connectivity index (χ1v) is 7.51. The van der Waals surface area contributed by atoms with Crippen LogP contribution in [0.1, 0.15) is 44.3 Å². The first kappa shape index (κ1) is 14.0. The number of aliphatic hydroxyl groups excluding tert-OH is 1. The highest BCUT2D eigenvalue weighted by atomic mass is 79.9. The van der Waals surface area contributed by atoms with Crippen LogP contribution in [0.2, 0.25) is 0 Å². The van der Waals surface area contributed by atoms with Crippen LogP contribution in [0.15, 0.2) is 28.7 Å². The Labute approximate surface area is 118 Å². The normalized spacial score (nSPS) is 30.1. The molecule has 0 heterocycles. The SMILES string of the molecule is CC1CCC(CN)(C(O)c2ccccc2Br)CC1. The van der Waals surface area contributed by atoms with E-state index in [1.165, 1.54) is 12.8 Å². The van der Waals surface area contributed by atoms with Crippen molar-refractivity contribution >= 4 is 15.9 Å². The van der Waals surface area contributed by atoms with Gasteiger partial charge in [-0.25, -0.2) is 0 Å². The van der Waals surface area contributed by atoms with Crippen LogP contribution in [0.5, 0.6) is 0 Å². The van der Waals surface area contributed by atoms with Crippen molar-refractivity contribution in [2.45, 2.75) is 38.7 Å². The van der Waals surface area contributed by atoms with Crippen molar-refractivity contribution in [3.63, 3.8) is 0 Å². The lowest BCUT2D eigenvalue weighted by Crippen LogP contribution is -2.40. The minimum absolute atomic E-state index is 0.142. The third-order valence-electron chi connectivity index (χ3n) is 4.46. The quantitative estimate of drug-likeness (QED) is 0.895. The summed E-state index contributed by atoms with van der Waals surface area (Å²) in [7, 11) is 0. The van der Waals surface area contributed by atoms with E-state index in [9.17, 15) is 5.11 Å². The van der Waals surface area contributed by atoms with E-state index in [0.717, 1.165) is 28.8 Å². The first-order chi connectivity index (χ1) is 8.59. The Kier molecular flexibility index (Phi) is 4.46. The van der Waals surface area contributed by atoms with Crippen molar-refractivity contribution < 1.29 is 5.11 Å². The molecule has 1 aliphatic carbocycles. The Bertz CT molecular complexity index is 399. The predicted molar refractivity (Wildman–Crippen MR) is 78.2 cm³/mol. The molecular weight excluding hydrogens is 290 g/mol. The van der Waals surface area contributed by atoms with E-state index in [2.05, 4.69) is 22.9 Å². The molecular formula is C15H22BrNO. The van der Waals surface area contributed by atoms with E-state index in [1.54, 1.807) is 0 Å². The number of hydrogen-bond acceptors (Lipinski definition) is 2. The number of nitrogens with two attached hydrogens (primary N) is 1. The average molecular weight is 312 g/mol. The van der Waals surface area contributed by atoms with Crippen molar-refractivity contribution in [3.8, 4) is 0 Å². The van der Waals surface area contributed by atoms with Gasteiger partial charge >= 0.3 is 0 Å². The second kappa shape index (κ2) is 5.72. The zero-order chi connectivity index (χ0) is 13.2. The second-order valence-corrected chi connectivity index (χ2v) is 6.53. The van der Waals surface area contributed by atoms with Gasteiger partial charge in [0.05, 0.1) is 6.10 Å². The van der Waals surface area contributed by atoms with Crippen LogP contribution >= 0.6 is 15.9 Å². The summed E-state index contributed by atoms with van der Waals surface area (Å²) in [6.07, 6.45) is 3.91. The Hall–Kier alpha value is -0.380. The van der Waals surface area contributed by atoms with Crippen molar-refractivity contribution in [1.29, 1.82) is 0 Å². The summed E-state index contributed by atoms with van der Waals surface area (Å²) in [6, 6.07) is 7.91. The monoisotopic (exact) mass is 311 g/mol. The number of hydrogen-bond donors (Lipinski definition) is 2. The van der Waals surface area contributed by atoms with Crippen molar-refractivity contribution in [1.82, 2.24) is 0 Å². The van der Waals surface area contributed by atoms with E-state index in [4.69, 9.17) is 5.73 Å². The van der Waals surface area contributed by atoms with Crippen molar-refractivity contribution in [3.05, 3.63) is 34.3 Å². The standard InChI is InChI=1S/C15H22BrNO/c1-11-6-8-15(10-17,9-7-11)14(18)12-4-2-3-5-13(12)16/h2-5,11,14,18H,6-10,17H2,1H3. The second-order valence-electron chi connectivity index (χ2n) is 5.67. The van der Waals surface area contributed by atoms with Crippen LogP contribution < -0.4 is 5.73 Å². The molecule has 0 radical (unpaired) electrons. The molecule has 0 aliphatic heterocycles. The molecule has 3 heteroatoms. The zero-order valence-electron chi connectivity index (χ0n) is 10.9. The number of aliphatic hydroxyl groups is 1. The highest BCUT2D eigenvalue weighted by molar-refractivity contribution is 9.10. The minimum atomic E-state index is -0.467. The molecule has 1 atom stereocenters. The lowest BCUT2D eigenvalue weighted by Gasteiger charge is -2.42. The van der Waals surface area contributed by atoms with Gasteiger partial charge in [-0.15, -0.1) is 0 Å². The van der Waals surface area contributed by atoms with Crippen LogP contribution in [-0.4, -0.2) is 11.7 Å². The van der Waals surface area contributed by atoms with Gasteiger partial charge in [-0.2, -0.15) is 0 Å². The molecule has 2 nitrogen and oxygen atoms in total. The maximum atomic E-state index is 10.8. The van der Waals surface area contributed by atoms with Crippen LogP contribution in [-0.2, 0) is 0 Å². The van der Waals surface area contributed by atoms with Crippen molar-refractivity contribution in [2.75, 3.05) is 6.54 Å². The van der Waals surface area contributed by atoms with E-state index in [-0.39, 0.29) is 5.41 Å². The zero-order valence-corrected chi connectivity index (χ0v) is 12.5. The molecule has 0 bridgehead atoms. The fraction of sp³-hybridized carbons (Fsp3) is 0.600. The van der Waals surface area contributed by atoms with E-state index in [0.29, 0.717) is 6.54 Å².